The van der Waals surface area contributed by atoms with Crippen LogP contribution in [-0.2, 0) is 0 Å². The number of carbonyl (C=O) groups excluding carboxylic acids is 1. The van der Waals surface area contributed by atoms with Gasteiger partial charge < -0.3 is 5.73 Å². The van der Waals surface area contributed by atoms with Crippen molar-refractivity contribution < 1.29 is 9.18 Å². The highest BCUT2D eigenvalue weighted by atomic mass is 19.1. The fourth-order valence-corrected chi connectivity index (χ4v) is 2.95. The van der Waals surface area contributed by atoms with Crippen molar-refractivity contribution in [2.75, 3.05) is 5.73 Å². The van der Waals surface area contributed by atoms with Gasteiger partial charge in [-0.15, -0.1) is 0 Å². The lowest BCUT2D eigenvalue weighted by atomic mass is 10.0. The fraction of sp³-hybridized carbons (Fsp3) is 0.0952. The highest BCUT2D eigenvalue weighted by Crippen LogP contribution is 2.26. The Morgan fingerprint density at radius 1 is 0.920 bits per heavy atom. The Morgan fingerprint density at radius 3 is 2.44 bits per heavy atom. The normalized spacial score (nSPS) is 10.5. The summed E-state index contributed by atoms with van der Waals surface area (Å²) >= 11 is 0. The van der Waals surface area contributed by atoms with E-state index in [1.807, 2.05) is 50.2 Å². The molecule has 3 nitrogen and oxygen atoms in total. The second-order valence-corrected chi connectivity index (χ2v) is 5.44. The largest absolute Gasteiger partial charge is 0.385 e. The molecule has 0 aliphatic carbocycles. The molecule has 0 fully saturated rings. The van der Waals surface area contributed by atoms with Crippen LogP contribution in [0.2, 0.25) is 0 Å². The minimum absolute atomic E-state index is 0.264. The number of nitrogens with zero attached hydrogens (tertiary/aromatic N) is 1. The highest BCUT2D eigenvalue weighted by Gasteiger charge is 2.17. The Balaban J connectivity index is 0.000000880. The monoisotopic (exact) mass is 334 g/mol. The summed E-state index contributed by atoms with van der Waals surface area (Å²) in [6.45, 7) is 4.00. The zero-order valence-corrected chi connectivity index (χ0v) is 14.2. The summed E-state index contributed by atoms with van der Waals surface area (Å²) in [4.78, 5) is 13.0. The molecule has 1 aromatic heterocycles. The van der Waals surface area contributed by atoms with Crippen molar-refractivity contribution in [2.45, 2.75) is 13.8 Å². The van der Waals surface area contributed by atoms with Gasteiger partial charge >= 0.3 is 0 Å². The quantitative estimate of drug-likeness (QED) is 0.518. The molecule has 0 aliphatic heterocycles. The summed E-state index contributed by atoms with van der Waals surface area (Å²) in [6, 6.07) is 19.2. The molecule has 4 rings (SSSR count). The molecule has 0 unspecified atom stereocenters. The van der Waals surface area contributed by atoms with Gasteiger partial charge in [-0.25, -0.2) is 4.39 Å². The van der Waals surface area contributed by atoms with E-state index in [0.29, 0.717) is 16.9 Å². The molecule has 126 valence electrons. The van der Waals surface area contributed by atoms with Gasteiger partial charge in [-0.1, -0.05) is 50.2 Å². The van der Waals surface area contributed by atoms with Gasteiger partial charge in [0.2, 0.25) is 0 Å². The lowest BCUT2D eigenvalue weighted by Crippen LogP contribution is -2.14. The standard InChI is InChI=1S/C19H13FN2O.C2H6/c20-14-9-8-13-10-18(21)22(17(13)11-14)19(23)16-7-3-5-12-4-1-2-6-15(12)16;1-2/h1-11H,21H2;1-2H3. The van der Waals surface area contributed by atoms with E-state index in [-0.39, 0.29) is 5.91 Å². The topological polar surface area (TPSA) is 48.0 Å². The van der Waals surface area contributed by atoms with Gasteiger partial charge in [0, 0.05) is 10.9 Å². The first-order valence-corrected chi connectivity index (χ1v) is 8.24. The van der Waals surface area contributed by atoms with Crippen LogP contribution in [0.1, 0.15) is 24.2 Å². The van der Waals surface area contributed by atoms with Crippen molar-refractivity contribution in [2.24, 2.45) is 0 Å². The van der Waals surface area contributed by atoms with Crippen LogP contribution in [0.5, 0.6) is 0 Å². The number of hydrogen-bond acceptors (Lipinski definition) is 2. The van der Waals surface area contributed by atoms with Crippen molar-refractivity contribution in [3.05, 3.63) is 78.1 Å². The molecule has 3 aromatic carbocycles. The Morgan fingerprint density at radius 2 is 1.64 bits per heavy atom. The van der Waals surface area contributed by atoms with Crippen LogP contribution in [0.15, 0.2) is 66.7 Å². The number of fused-ring (bicyclic) bond motifs is 2. The third-order valence-electron chi connectivity index (χ3n) is 4.02. The van der Waals surface area contributed by atoms with Crippen molar-refractivity contribution in [3.8, 4) is 0 Å². The Bertz CT molecular complexity index is 1060. The van der Waals surface area contributed by atoms with Crippen LogP contribution >= 0.6 is 0 Å². The van der Waals surface area contributed by atoms with Gasteiger partial charge in [0.25, 0.3) is 5.91 Å². The number of nitrogen functional groups attached to an aromatic ring is 1. The van der Waals surface area contributed by atoms with Crippen molar-refractivity contribution in [1.82, 2.24) is 4.57 Å². The van der Waals surface area contributed by atoms with Crippen LogP contribution in [0, 0.1) is 5.82 Å². The SMILES string of the molecule is CC.Nc1cc2ccc(F)cc2n1C(=O)c1cccc2ccccc12. The number of rotatable bonds is 1. The number of carbonyl (C=O) groups is 1. The molecule has 0 amide bonds. The highest BCUT2D eigenvalue weighted by molar-refractivity contribution is 6.12. The Hall–Kier alpha value is -3.14. The third-order valence-corrected chi connectivity index (χ3v) is 4.02. The van der Waals surface area contributed by atoms with Crippen LogP contribution in [-0.4, -0.2) is 10.5 Å². The molecule has 25 heavy (non-hydrogen) atoms. The maximum absolute atomic E-state index is 13.6. The van der Waals surface area contributed by atoms with Gasteiger partial charge in [0.05, 0.1) is 5.52 Å². The molecule has 0 saturated carbocycles. The number of benzene rings is 3. The molecular formula is C21H19FN2O. The first-order valence-electron chi connectivity index (χ1n) is 8.24. The van der Waals surface area contributed by atoms with E-state index in [2.05, 4.69) is 0 Å². The third kappa shape index (κ3) is 2.87. The predicted molar refractivity (Wildman–Crippen MR) is 101 cm³/mol. The molecule has 0 aliphatic rings. The molecule has 1 heterocycles. The van der Waals surface area contributed by atoms with Crippen LogP contribution in [0.4, 0.5) is 10.2 Å². The molecule has 0 spiro atoms. The zero-order valence-electron chi connectivity index (χ0n) is 14.2. The summed E-state index contributed by atoms with van der Waals surface area (Å²) in [5.41, 5.74) is 7.02. The first-order chi connectivity index (χ1) is 12.1. The summed E-state index contributed by atoms with van der Waals surface area (Å²) in [5, 5.41) is 2.55. The van der Waals surface area contributed by atoms with E-state index < -0.39 is 5.82 Å². The predicted octanol–water partition coefficient (Wildman–Crippen LogP) is 5.23. The van der Waals surface area contributed by atoms with E-state index in [1.54, 1.807) is 18.2 Å². The molecule has 0 bridgehead atoms. The van der Waals surface area contributed by atoms with Gasteiger partial charge in [-0.2, -0.15) is 0 Å². The Labute approximate surface area is 145 Å². The number of halogens is 1. The minimum Gasteiger partial charge on any atom is -0.385 e. The van der Waals surface area contributed by atoms with Crippen molar-refractivity contribution >= 4 is 33.4 Å². The van der Waals surface area contributed by atoms with Crippen LogP contribution < -0.4 is 5.73 Å². The fourth-order valence-electron chi connectivity index (χ4n) is 2.95. The Kier molecular flexibility index (Phi) is 4.52. The van der Waals surface area contributed by atoms with Crippen molar-refractivity contribution in [3.63, 3.8) is 0 Å². The van der Waals surface area contributed by atoms with E-state index in [9.17, 15) is 9.18 Å². The second-order valence-electron chi connectivity index (χ2n) is 5.44. The molecule has 2 N–H and O–H groups in total. The average molecular weight is 334 g/mol. The van der Waals surface area contributed by atoms with Gasteiger partial charge in [0.1, 0.15) is 11.6 Å². The van der Waals surface area contributed by atoms with E-state index >= 15 is 0 Å². The zero-order chi connectivity index (χ0) is 18.0. The first kappa shape index (κ1) is 16.7. The van der Waals surface area contributed by atoms with E-state index in [4.69, 9.17) is 5.73 Å². The average Bonchev–Trinajstić information content (AvgIpc) is 2.97. The van der Waals surface area contributed by atoms with Gasteiger partial charge in [-0.3, -0.25) is 9.36 Å². The second kappa shape index (κ2) is 6.77. The molecule has 0 atom stereocenters. The lowest BCUT2D eigenvalue weighted by molar-refractivity contribution is 0.0969. The summed E-state index contributed by atoms with van der Waals surface area (Å²) in [7, 11) is 0. The number of anilines is 1. The maximum Gasteiger partial charge on any atom is 0.264 e. The smallest absolute Gasteiger partial charge is 0.264 e. The minimum atomic E-state index is -0.400. The number of nitrogens with two attached hydrogens (primary N) is 1. The van der Waals surface area contributed by atoms with E-state index in [0.717, 1.165) is 16.2 Å². The van der Waals surface area contributed by atoms with Gasteiger partial charge in [0.15, 0.2) is 0 Å². The molecular weight excluding hydrogens is 315 g/mol. The molecule has 0 radical (unpaired) electrons. The van der Waals surface area contributed by atoms with Crippen LogP contribution in [0.3, 0.4) is 0 Å². The molecule has 4 aromatic rings. The van der Waals surface area contributed by atoms with E-state index in [1.165, 1.54) is 16.7 Å². The molecule has 0 saturated heterocycles. The summed E-state index contributed by atoms with van der Waals surface area (Å²) in [5.74, 6) is -0.369. The maximum atomic E-state index is 13.6. The number of hydrogen-bond donors (Lipinski definition) is 1. The number of aromatic nitrogens is 1. The summed E-state index contributed by atoms with van der Waals surface area (Å²) < 4.78 is 14.9. The lowest BCUT2D eigenvalue weighted by Gasteiger charge is -2.09. The van der Waals surface area contributed by atoms with Gasteiger partial charge in [-0.05, 0) is 41.1 Å². The van der Waals surface area contributed by atoms with Crippen molar-refractivity contribution in [1.29, 1.82) is 0 Å². The van der Waals surface area contributed by atoms with Crippen LogP contribution in [0.25, 0.3) is 21.7 Å². The molecule has 4 heteroatoms. The summed E-state index contributed by atoms with van der Waals surface area (Å²) in [6.07, 6.45) is 0.